The Balaban J connectivity index is 1.93. The topological polar surface area (TPSA) is 114 Å². The van der Waals surface area contributed by atoms with Crippen LogP contribution >= 0.6 is 0 Å². The van der Waals surface area contributed by atoms with Gasteiger partial charge in [-0.15, -0.1) is 0 Å². The number of hydrogen-bond acceptors (Lipinski definition) is 6. The molecule has 20 heavy (non-hydrogen) atoms. The maximum Gasteiger partial charge on any atom is 0.273 e. The van der Waals surface area contributed by atoms with Crippen molar-refractivity contribution in [2.75, 3.05) is 5.73 Å². The second kappa shape index (κ2) is 6.16. The number of nitrogens with zero attached hydrogens (tertiary/aromatic N) is 2. The second-order valence-electron chi connectivity index (χ2n) is 4.43. The molecular formula is C13H16N4O3. The number of furan rings is 1. The summed E-state index contributed by atoms with van der Waals surface area (Å²) in [6.07, 6.45) is 3.84. The lowest BCUT2D eigenvalue weighted by atomic mass is 10.1. The highest BCUT2D eigenvalue weighted by Crippen LogP contribution is 2.18. The molecule has 0 saturated heterocycles. The number of carbonyl (C=O) groups is 1. The molecule has 2 aromatic heterocycles. The van der Waals surface area contributed by atoms with E-state index in [1.807, 2.05) is 0 Å². The Kier molecular flexibility index (Phi) is 4.31. The first kappa shape index (κ1) is 14.0. The summed E-state index contributed by atoms with van der Waals surface area (Å²) >= 11 is 0. The van der Waals surface area contributed by atoms with Crippen molar-refractivity contribution in [2.24, 2.45) is 0 Å². The van der Waals surface area contributed by atoms with Gasteiger partial charge in [-0.1, -0.05) is 0 Å². The number of aliphatic hydroxyl groups excluding tert-OH is 1. The van der Waals surface area contributed by atoms with Gasteiger partial charge in [0.25, 0.3) is 5.91 Å². The molecule has 7 heteroatoms. The van der Waals surface area contributed by atoms with Gasteiger partial charge in [0, 0.05) is 24.9 Å². The molecule has 0 aromatic carbocycles. The minimum Gasteiger partial charge on any atom is -0.467 e. The first-order valence-corrected chi connectivity index (χ1v) is 6.16. The van der Waals surface area contributed by atoms with Crippen LogP contribution in [0.15, 0.2) is 35.2 Å². The van der Waals surface area contributed by atoms with Crippen molar-refractivity contribution >= 4 is 11.7 Å². The molecule has 2 rings (SSSR count). The minimum absolute atomic E-state index is 0.0729. The Bertz CT molecular complexity index is 571. The molecule has 0 bridgehead atoms. The number of rotatable bonds is 5. The molecular weight excluding hydrogens is 260 g/mol. The average molecular weight is 276 g/mol. The lowest BCUT2D eigenvalue weighted by Gasteiger charge is -2.16. The molecule has 7 nitrogen and oxygen atoms in total. The van der Waals surface area contributed by atoms with Gasteiger partial charge in [0.2, 0.25) is 0 Å². The summed E-state index contributed by atoms with van der Waals surface area (Å²) in [5.41, 5.74) is 5.65. The fraction of sp³-hybridized carbons (Fsp3) is 0.308. The van der Waals surface area contributed by atoms with Crippen LogP contribution in [0.1, 0.15) is 35.7 Å². The zero-order chi connectivity index (χ0) is 14.5. The molecule has 0 aliphatic carbocycles. The van der Waals surface area contributed by atoms with Crippen LogP contribution in [-0.4, -0.2) is 27.0 Å². The maximum absolute atomic E-state index is 11.9. The highest BCUT2D eigenvalue weighted by atomic mass is 16.4. The lowest BCUT2D eigenvalue weighted by molar-refractivity contribution is 0.0899. The van der Waals surface area contributed by atoms with E-state index in [-0.39, 0.29) is 17.6 Å². The van der Waals surface area contributed by atoms with E-state index in [9.17, 15) is 9.90 Å². The Morgan fingerprint density at radius 2 is 2.25 bits per heavy atom. The summed E-state index contributed by atoms with van der Waals surface area (Å²) in [6.45, 7) is 1.77. The van der Waals surface area contributed by atoms with Crippen LogP contribution in [0.4, 0.5) is 5.82 Å². The number of nitrogens with two attached hydrogens (primary N) is 1. The van der Waals surface area contributed by atoms with E-state index >= 15 is 0 Å². The molecule has 0 aliphatic heterocycles. The summed E-state index contributed by atoms with van der Waals surface area (Å²) in [5.74, 6) is 0.114. The van der Waals surface area contributed by atoms with Crippen LogP contribution < -0.4 is 11.1 Å². The van der Waals surface area contributed by atoms with Crippen molar-refractivity contribution in [1.82, 2.24) is 15.3 Å². The summed E-state index contributed by atoms with van der Waals surface area (Å²) in [6, 6.07) is 3.10. The number of hydrogen-bond donors (Lipinski definition) is 3. The highest BCUT2D eigenvalue weighted by molar-refractivity contribution is 5.96. The predicted molar refractivity (Wildman–Crippen MR) is 71.7 cm³/mol. The molecule has 2 atom stereocenters. The third kappa shape index (κ3) is 3.33. The van der Waals surface area contributed by atoms with Crippen molar-refractivity contribution in [2.45, 2.75) is 25.5 Å². The van der Waals surface area contributed by atoms with Gasteiger partial charge in [0.05, 0.1) is 6.26 Å². The SMILES string of the molecule is CC(CC(O)c1ccco1)NC(=O)c1nccnc1N. The summed E-state index contributed by atoms with van der Waals surface area (Å²) in [5, 5.41) is 12.6. The van der Waals surface area contributed by atoms with E-state index in [0.29, 0.717) is 12.2 Å². The van der Waals surface area contributed by atoms with E-state index in [4.69, 9.17) is 10.2 Å². The van der Waals surface area contributed by atoms with Crippen molar-refractivity contribution in [3.8, 4) is 0 Å². The van der Waals surface area contributed by atoms with E-state index in [1.54, 1.807) is 19.1 Å². The fourth-order valence-electron chi connectivity index (χ4n) is 1.81. The molecule has 2 unspecified atom stereocenters. The fourth-order valence-corrected chi connectivity index (χ4v) is 1.81. The van der Waals surface area contributed by atoms with Crippen LogP contribution in [0.3, 0.4) is 0 Å². The number of carbonyl (C=O) groups excluding carboxylic acids is 1. The molecule has 1 amide bonds. The summed E-state index contributed by atoms with van der Waals surface area (Å²) in [7, 11) is 0. The van der Waals surface area contributed by atoms with E-state index < -0.39 is 12.0 Å². The second-order valence-corrected chi connectivity index (χ2v) is 4.43. The van der Waals surface area contributed by atoms with Gasteiger partial charge in [-0.25, -0.2) is 9.97 Å². The third-order valence-electron chi connectivity index (χ3n) is 2.77. The van der Waals surface area contributed by atoms with Gasteiger partial charge in [-0.3, -0.25) is 4.79 Å². The number of nitrogen functional groups attached to an aromatic ring is 1. The normalized spacial score (nSPS) is 13.7. The largest absolute Gasteiger partial charge is 0.467 e. The quantitative estimate of drug-likeness (QED) is 0.747. The van der Waals surface area contributed by atoms with Crippen LogP contribution in [0, 0.1) is 0 Å². The first-order chi connectivity index (χ1) is 9.58. The monoisotopic (exact) mass is 276 g/mol. The Morgan fingerprint density at radius 1 is 1.50 bits per heavy atom. The number of aliphatic hydroxyl groups is 1. The van der Waals surface area contributed by atoms with Crippen molar-refractivity contribution in [1.29, 1.82) is 0 Å². The number of anilines is 1. The Hall–Kier alpha value is -2.41. The molecule has 0 fully saturated rings. The van der Waals surface area contributed by atoms with Gasteiger partial charge in [-0.05, 0) is 19.1 Å². The van der Waals surface area contributed by atoms with E-state index in [0.717, 1.165) is 0 Å². The Labute approximate surface area is 115 Å². The van der Waals surface area contributed by atoms with Gasteiger partial charge in [-0.2, -0.15) is 0 Å². The van der Waals surface area contributed by atoms with Gasteiger partial charge < -0.3 is 20.6 Å². The molecule has 0 saturated carbocycles. The standard InChI is InChI=1S/C13H16N4O3/c1-8(7-9(18)10-3-2-6-20-10)17-13(19)11-12(14)16-5-4-15-11/h2-6,8-9,18H,7H2,1H3,(H2,14,16)(H,17,19). The van der Waals surface area contributed by atoms with Gasteiger partial charge >= 0.3 is 0 Å². The zero-order valence-corrected chi connectivity index (χ0v) is 11.0. The number of aromatic nitrogens is 2. The number of amides is 1. The molecule has 2 aromatic rings. The van der Waals surface area contributed by atoms with Crippen molar-refractivity contribution in [3.05, 3.63) is 42.2 Å². The van der Waals surface area contributed by atoms with Crippen LogP contribution in [-0.2, 0) is 0 Å². The van der Waals surface area contributed by atoms with E-state index in [2.05, 4.69) is 15.3 Å². The lowest BCUT2D eigenvalue weighted by Crippen LogP contribution is -2.34. The summed E-state index contributed by atoms with van der Waals surface area (Å²) in [4.78, 5) is 19.6. The predicted octanol–water partition coefficient (Wildman–Crippen LogP) is 0.894. The van der Waals surface area contributed by atoms with Gasteiger partial charge in [0.1, 0.15) is 11.9 Å². The summed E-state index contributed by atoms with van der Waals surface area (Å²) < 4.78 is 5.10. The average Bonchev–Trinajstić information content (AvgIpc) is 2.92. The molecule has 106 valence electrons. The molecule has 0 radical (unpaired) electrons. The molecule has 0 spiro atoms. The van der Waals surface area contributed by atoms with Crippen LogP contribution in [0.2, 0.25) is 0 Å². The van der Waals surface area contributed by atoms with E-state index in [1.165, 1.54) is 18.7 Å². The van der Waals surface area contributed by atoms with Crippen LogP contribution in [0.5, 0.6) is 0 Å². The molecule has 0 aliphatic rings. The highest BCUT2D eigenvalue weighted by Gasteiger charge is 2.19. The van der Waals surface area contributed by atoms with Gasteiger partial charge in [0.15, 0.2) is 11.5 Å². The molecule has 2 heterocycles. The molecule has 4 N–H and O–H groups in total. The zero-order valence-electron chi connectivity index (χ0n) is 11.0. The first-order valence-electron chi connectivity index (χ1n) is 6.16. The third-order valence-corrected chi connectivity index (χ3v) is 2.77. The smallest absolute Gasteiger partial charge is 0.273 e. The van der Waals surface area contributed by atoms with Crippen LogP contribution in [0.25, 0.3) is 0 Å². The Morgan fingerprint density at radius 3 is 2.90 bits per heavy atom. The number of nitrogens with one attached hydrogen (secondary N) is 1. The maximum atomic E-state index is 11.9. The minimum atomic E-state index is -0.778. The van der Waals surface area contributed by atoms with Crippen molar-refractivity contribution in [3.63, 3.8) is 0 Å². The van der Waals surface area contributed by atoms with Crippen molar-refractivity contribution < 1.29 is 14.3 Å².